The van der Waals surface area contributed by atoms with Crippen molar-refractivity contribution in [1.82, 2.24) is 0 Å². The van der Waals surface area contributed by atoms with Gasteiger partial charge in [-0.3, -0.25) is 0 Å². The monoisotopic (exact) mass is 474 g/mol. The highest BCUT2D eigenvalue weighted by atomic mass is 19.2. The van der Waals surface area contributed by atoms with Gasteiger partial charge >= 0.3 is 0 Å². The molecule has 0 aromatic heterocycles. The Labute approximate surface area is 198 Å². The van der Waals surface area contributed by atoms with Gasteiger partial charge in [-0.25, -0.2) is 17.6 Å². The van der Waals surface area contributed by atoms with Crippen molar-refractivity contribution in [1.29, 1.82) is 0 Å². The summed E-state index contributed by atoms with van der Waals surface area (Å²) >= 11 is 0. The fourth-order valence-corrected chi connectivity index (χ4v) is 4.92. The summed E-state index contributed by atoms with van der Waals surface area (Å²) in [7, 11) is 0. The van der Waals surface area contributed by atoms with E-state index in [0.717, 1.165) is 12.8 Å². The van der Waals surface area contributed by atoms with Gasteiger partial charge in [-0.15, -0.1) is 0 Å². The van der Waals surface area contributed by atoms with Crippen molar-refractivity contribution in [2.75, 3.05) is 13.2 Å². The van der Waals surface area contributed by atoms with Crippen LogP contribution in [0.4, 0.5) is 17.6 Å². The molecular weight excluding hydrogens is 444 g/mol. The number of hydrogen-bond acceptors (Lipinski definition) is 2. The highest BCUT2D eigenvalue weighted by Crippen LogP contribution is 2.39. The Morgan fingerprint density at radius 2 is 1.03 bits per heavy atom. The molecule has 0 aliphatic carbocycles. The predicted molar refractivity (Wildman–Crippen MR) is 124 cm³/mol. The molecule has 2 heterocycles. The minimum absolute atomic E-state index is 0.101. The molecule has 182 valence electrons. The topological polar surface area (TPSA) is 18.5 Å². The number of benzene rings is 2. The molecule has 0 bridgehead atoms. The van der Waals surface area contributed by atoms with E-state index in [1.165, 1.54) is 24.3 Å². The Morgan fingerprint density at radius 3 is 1.35 bits per heavy atom. The Balaban J connectivity index is 1.55. The molecule has 0 saturated carbocycles. The molecule has 4 rings (SSSR count). The van der Waals surface area contributed by atoms with Gasteiger partial charge in [-0.1, -0.05) is 48.6 Å². The molecule has 6 heteroatoms. The van der Waals surface area contributed by atoms with Crippen LogP contribution in [0.1, 0.15) is 62.9 Å². The Bertz CT molecular complexity index is 977. The minimum atomic E-state index is -1.20. The SMILES string of the molecule is CC=CC1CCC(c2ccc(-c3ccc(C4CCC(C=CC)CO4)c(F)c3F)c(F)c2F)OC1. The molecule has 0 amide bonds. The Morgan fingerprint density at radius 1 is 0.618 bits per heavy atom. The number of allylic oxidation sites excluding steroid dienone is 2. The smallest absolute Gasteiger partial charge is 0.167 e. The largest absolute Gasteiger partial charge is 0.373 e. The highest BCUT2D eigenvalue weighted by Gasteiger charge is 2.29. The molecular formula is C28H30F4O2. The normalized spacial score (nSPS) is 25.9. The molecule has 2 aromatic rings. The molecule has 4 atom stereocenters. The molecule has 2 aliphatic heterocycles. The summed E-state index contributed by atoms with van der Waals surface area (Å²) in [5, 5.41) is 0. The first-order valence-electron chi connectivity index (χ1n) is 11.9. The van der Waals surface area contributed by atoms with Crippen LogP contribution in [0.5, 0.6) is 0 Å². The van der Waals surface area contributed by atoms with Gasteiger partial charge in [0.25, 0.3) is 0 Å². The van der Waals surface area contributed by atoms with Crippen LogP contribution in [0.2, 0.25) is 0 Å². The molecule has 2 aromatic carbocycles. The van der Waals surface area contributed by atoms with E-state index in [1.54, 1.807) is 0 Å². The second-order valence-electron chi connectivity index (χ2n) is 9.03. The fraction of sp³-hybridized carbons (Fsp3) is 0.429. The number of halogens is 4. The molecule has 2 saturated heterocycles. The van der Waals surface area contributed by atoms with Gasteiger partial charge in [0.05, 0.1) is 25.4 Å². The third-order valence-corrected chi connectivity index (χ3v) is 6.76. The van der Waals surface area contributed by atoms with Gasteiger partial charge in [0.1, 0.15) is 0 Å². The van der Waals surface area contributed by atoms with E-state index in [9.17, 15) is 8.78 Å². The van der Waals surface area contributed by atoms with Crippen molar-refractivity contribution in [2.45, 2.75) is 51.7 Å². The van der Waals surface area contributed by atoms with Crippen LogP contribution in [0, 0.1) is 35.1 Å². The lowest BCUT2D eigenvalue weighted by atomic mass is 9.91. The summed E-state index contributed by atoms with van der Waals surface area (Å²) in [6.07, 6.45) is 9.55. The molecule has 34 heavy (non-hydrogen) atoms. The average Bonchev–Trinajstić information content (AvgIpc) is 2.85. The van der Waals surface area contributed by atoms with Gasteiger partial charge in [0, 0.05) is 34.1 Å². The van der Waals surface area contributed by atoms with Crippen molar-refractivity contribution >= 4 is 0 Å². The van der Waals surface area contributed by atoms with Crippen molar-refractivity contribution in [3.63, 3.8) is 0 Å². The van der Waals surface area contributed by atoms with Gasteiger partial charge in [-0.2, -0.15) is 0 Å². The summed E-state index contributed by atoms with van der Waals surface area (Å²) in [5.74, 6) is -4.06. The van der Waals surface area contributed by atoms with Crippen LogP contribution in [0.3, 0.4) is 0 Å². The van der Waals surface area contributed by atoms with Crippen LogP contribution in [0.25, 0.3) is 11.1 Å². The van der Waals surface area contributed by atoms with Crippen LogP contribution in [-0.4, -0.2) is 13.2 Å². The maximum absolute atomic E-state index is 15.0. The van der Waals surface area contributed by atoms with E-state index in [-0.39, 0.29) is 34.1 Å². The van der Waals surface area contributed by atoms with E-state index in [0.29, 0.717) is 26.1 Å². The fourth-order valence-electron chi connectivity index (χ4n) is 4.92. The first-order chi connectivity index (χ1) is 16.4. The molecule has 2 fully saturated rings. The van der Waals surface area contributed by atoms with Gasteiger partial charge in [0.2, 0.25) is 0 Å². The summed E-state index contributed by atoms with van der Waals surface area (Å²) in [5.41, 5.74) is -0.429. The van der Waals surface area contributed by atoms with Crippen molar-refractivity contribution < 1.29 is 27.0 Å². The summed E-state index contributed by atoms with van der Waals surface area (Å²) in [6, 6.07) is 5.41. The molecule has 4 unspecified atom stereocenters. The Kier molecular flexibility index (Phi) is 7.89. The standard InChI is InChI=1S/C28H30F4O2/c1-3-5-17-7-13-23(33-15-17)21-11-9-19(25(29)27(21)31)20-10-12-22(28(32)26(20)30)24-14-8-18(6-4-2)16-34-24/h3-6,9-12,17-18,23-24H,7-8,13-16H2,1-2H3. The van der Waals surface area contributed by atoms with Gasteiger partial charge < -0.3 is 9.47 Å². The Hall–Kier alpha value is -2.44. The number of hydrogen-bond donors (Lipinski definition) is 0. The molecule has 2 aliphatic rings. The summed E-state index contributed by atoms with van der Waals surface area (Å²) in [6.45, 7) is 4.71. The van der Waals surface area contributed by atoms with Crippen LogP contribution < -0.4 is 0 Å². The van der Waals surface area contributed by atoms with Gasteiger partial charge in [0.15, 0.2) is 23.3 Å². The van der Waals surface area contributed by atoms with Crippen LogP contribution in [0.15, 0.2) is 48.6 Å². The predicted octanol–water partition coefficient (Wildman–Crippen LogP) is 8.00. The van der Waals surface area contributed by atoms with E-state index < -0.39 is 35.5 Å². The number of rotatable bonds is 5. The lowest BCUT2D eigenvalue weighted by Gasteiger charge is -2.28. The first-order valence-corrected chi connectivity index (χ1v) is 11.9. The molecule has 0 radical (unpaired) electrons. The zero-order chi connectivity index (χ0) is 24.2. The zero-order valence-electron chi connectivity index (χ0n) is 19.5. The maximum Gasteiger partial charge on any atom is 0.167 e. The second-order valence-corrected chi connectivity index (χ2v) is 9.03. The lowest BCUT2D eigenvalue weighted by Crippen LogP contribution is -2.20. The van der Waals surface area contributed by atoms with E-state index in [2.05, 4.69) is 0 Å². The molecule has 0 N–H and O–H groups in total. The summed E-state index contributed by atoms with van der Waals surface area (Å²) < 4.78 is 71.5. The van der Waals surface area contributed by atoms with Crippen LogP contribution in [-0.2, 0) is 9.47 Å². The van der Waals surface area contributed by atoms with E-state index >= 15 is 8.78 Å². The van der Waals surface area contributed by atoms with Crippen molar-refractivity contribution in [3.8, 4) is 11.1 Å². The third kappa shape index (κ3) is 4.98. The highest BCUT2D eigenvalue weighted by molar-refractivity contribution is 5.66. The summed E-state index contributed by atoms with van der Waals surface area (Å²) in [4.78, 5) is 0. The quantitative estimate of drug-likeness (QED) is 0.323. The third-order valence-electron chi connectivity index (χ3n) is 6.76. The average molecular weight is 475 g/mol. The zero-order valence-corrected chi connectivity index (χ0v) is 19.5. The van der Waals surface area contributed by atoms with Crippen LogP contribution >= 0.6 is 0 Å². The van der Waals surface area contributed by atoms with E-state index in [1.807, 2.05) is 38.2 Å². The maximum atomic E-state index is 15.0. The van der Waals surface area contributed by atoms with Crippen molar-refractivity contribution in [3.05, 3.63) is 83.0 Å². The molecule has 2 nitrogen and oxygen atoms in total. The lowest BCUT2D eigenvalue weighted by molar-refractivity contribution is -0.00755. The first kappa shape index (κ1) is 24.7. The second kappa shape index (κ2) is 10.9. The minimum Gasteiger partial charge on any atom is -0.373 e. The molecule has 0 spiro atoms. The van der Waals surface area contributed by atoms with Gasteiger partial charge in [-0.05, 0) is 39.5 Å². The van der Waals surface area contributed by atoms with Crippen molar-refractivity contribution in [2.24, 2.45) is 11.8 Å². The number of ether oxygens (including phenoxy) is 2. The van der Waals surface area contributed by atoms with E-state index in [4.69, 9.17) is 9.47 Å².